The van der Waals surface area contributed by atoms with Crippen LogP contribution in [0.5, 0.6) is 5.75 Å². The average molecular weight is 361 g/mol. The second-order valence-electron chi connectivity index (χ2n) is 8.24. The first-order chi connectivity index (χ1) is 13.0. The molecule has 2 N–H and O–H groups in total. The summed E-state index contributed by atoms with van der Waals surface area (Å²) in [6.45, 7) is 5.14. The Morgan fingerprint density at radius 2 is 2.19 bits per heavy atom. The van der Waals surface area contributed by atoms with Crippen molar-refractivity contribution in [1.29, 1.82) is 0 Å². The number of benzene rings is 2. The summed E-state index contributed by atoms with van der Waals surface area (Å²) in [6.07, 6.45) is 4.60. The molecule has 5 heteroatoms. The first kappa shape index (κ1) is 16.4. The predicted molar refractivity (Wildman–Crippen MR) is 104 cm³/mol. The van der Waals surface area contributed by atoms with E-state index in [0.29, 0.717) is 12.1 Å². The lowest BCUT2D eigenvalue weighted by Gasteiger charge is -2.57. The highest BCUT2D eigenvalue weighted by Gasteiger charge is 2.58. The Balaban J connectivity index is 1.33. The molecule has 1 aliphatic heterocycles. The zero-order valence-electron chi connectivity index (χ0n) is 15.6. The van der Waals surface area contributed by atoms with Crippen molar-refractivity contribution in [3.05, 3.63) is 59.4 Å². The molecule has 2 heterocycles. The summed E-state index contributed by atoms with van der Waals surface area (Å²) >= 11 is 0. The predicted octanol–water partition coefficient (Wildman–Crippen LogP) is 3.94. The number of aryl methyl sites for hydroxylation is 1. The summed E-state index contributed by atoms with van der Waals surface area (Å²) in [5.41, 5.74) is 4.88. The topological polar surface area (TPSA) is 67.0 Å². The van der Waals surface area contributed by atoms with E-state index in [-0.39, 0.29) is 16.9 Å². The lowest BCUT2D eigenvalue weighted by Crippen LogP contribution is -2.57. The summed E-state index contributed by atoms with van der Waals surface area (Å²) in [5.74, 6) is 0.945. The Labute approximate surface area is 158 Å². The highest BCUT2D eigenvalue weighted by molar-refractivity contribution is 5.97. The molecule has 1 aliphatic carbocycles. The normalized spacial score (nSPS) is 21.9. The number of nitrogens with one attached hydrogen (secondary N) is 2. The number of hydrogen-bond acceptors (Lipinski definition) is 3. The number of amides is 1. The van der Waals surface area contributed by atoms with Crippen molar-refractivity contribution in [2.75, 3.05) is 6.54 Å². The van der Waals surface area contributed by atoms with E-state index in [0.717, 1.165) is 36.0 Å². The summed E-state index contributed by atoms with van der Waals surface area (Å²) < 4.78 is 6.34. The van der Waals surface area contributed by atoms with Gasteiger partial charge in [0.15, 0.2) is 0 Å². The quantitative estimate of drug-likeness (QED) is 0.739. The minimum atomic E-state index is -0.294. The molecule has 0 fully saturated rings. The van der Waals surface area contributed by atoms with Gasteiger partial charge in [0.2, 0.25) is 0 Å². The van der Waals surface area contributed by atoms with Gasteiger partial charge in [0.05, 0.1) is 17.4 Å². The molecule has 5 nitrogen and oxygen atoms in total. The SMILES string of the molecule is CC1(C)CCc2cccc3c2C1(CCNC(=O)c1ccc2nc[nH]c2c1)O3. The van der Waals surface area contributed by atoms with Crippen molar-refractivity contribution < 1.29 is 9.53 Å². The molecular weight excluding hydrogens is 338 g/mol. The smallest absolute Gasteiger partial charge is 0.251 e. The fraction of sp³-hybridized carbons (Fsp3) is 0.364. The van der Waals surface area contributed by atoms with Crippen LogP contribution in [0.25, 0.3) is 11.0 Å². The molecular formula is C22H23N3O2. The number of fused-ring (bicyclic) bond motifs is 1. The standard InChI is InChI=1S/C22H23N3O2/c1-21(2)9-8-14-4-3-5-18-19(14)22(21,27-18)10-11-23-20(26)15-6-7-16-17(12-15)25-13-24-16/h3-7,12-13H,8-11H2,1-2H3,(H,23,26)(H,24,25). The number of aromatic nitrogens is 2. The molecule has 1 amide bonds. The number of aromatic amines is 1. The van der Waals surface area contributed by atoms with Crippen LogP contribution in [0.2, 0.25) is 0 Å². The fourth-order valence-corrected chi connectivity index (χ4v) is 4.69. The third-order valence-electron chi connectivity index (χ3n) is 6.36. The van der Waals surface area contributed by atoms with Crippen LogP contribution in [-0.4, -0.2) is 22.4 Å². The number of carbonyl (C=O) groups is 1. The number of rotatable bonds is 4. The zero-order valence-corrected chi connectivity index (χ0v) is 15.6. The monoisotopic (exact) mass is 361 g/mol. The van der Waals surface area contributed by atoms with Gasteiger partial charge in [0.1, 0.15) is 11.4 Å². The van der Waals surface area contributed by atoms with E-state index >= 15 is 0 Å². The number of imidazole rings is 1. The van der Waals surface area contributed by atoms with Gasteiger partial charge in [-0.15, -0.1) is 0 Å². The lowest BCUT2D eigenvalue weighted by atomic mass is 9.59. The van der Waals surface area contributed by atoms with E-state index in [1.807, 2.05) is 18.2 Å². The van der Waals surface area contributed by atoms with Gasteiger partial charge in [-0.05, 0) is 42.7 Å². The van der Waals surface area contributed by atoms with Gasteiger partial charge in [-0.1, -0.05) is 26.0 Å². The highest BCUT2D eigenvalue weighted by atomic mass is 16.5. The molecule has 1 atom stereocenters. The number of nitrogens with zero attached hydrogens (tertiary/aromatic N) is 1. The van der Waals surface area contributed by atoms with Crippen molar-refractivity contribution in [1.82, 2.24) is 15.3 Å². The molecule has 0 bridgehead atoms. The van der Waals surface area contributed by atoms with Crippen molar-refractivity contribution >= 4 is 16.9 Å². The highest BCUT2D eigenvalue weighted by Crippen LogP contribution is 2.61. The van der Waals surface area contributed by atoms with Crippen LogP contribution < -0.4 is 10.1 Å². The molecule has 3 aromatic rings. The van der Waals surface area contributed by atoms with Crippen molar-refractivity contribution in [3.63, 3.8) is 0 Å². The van der Waals surface area contributed by atoms with Crippen LogP contribution in [0, 0.1) is 5.41 Å². The molecule has 0 saturated carbocycles. The van der Waals surface area contributed by atoms with Crippen LogP contribution in [0.3, 0.4) is 0 Å². The molecule has 138 valence electrons. The summed E-state index contributed by atoms with van der Waals surface area (Å²) in [6, 6.07) is 11.9. The maximum absolute atomic E-state index is 12.6. The molecule has 0 saturated heterocycles. The van der Waals surface area contributed by atoms with Crippen LogP contribution in [0.4, 0.5) is 0 Å². The molecule has 5 rings (SSSR count). The molecule has 2 aromatic carbocycles. The van der Waals surface area contributed by atoms with Gasteiger partial charge >= 0.3 is 0 Å². The van der Waals surface area contributed by atoms with Crippen LogP contribution in [-0.2, 0) is 12.0 Å². The lowest BCUT2D eigenvalue weighted by molar-refractivity contribution is -0.108. The Morgan fingerprint density at radius 1 is 1.30 bits per heavy atom. The molecule has 1 aromatic heterocycles. The molecule has 27 heavy (non-hydrogen) atoms. The van der Waals surface area contributed by atoms with Crippen molar-refractivity contribution in [2.24, 2.45) is 5.41 Å². The third-order valence-corrected chi connectivity index (χ3v) is 6.36. The Bertz CT molecular complexity index is 1050. The van der Waals surface area contributed by atoms with Gasteiger partial charge in [0, 0.05) is 29.5 Å². The number of hydrogen-bond donors (Lipinski definition) is 2. The van der Waals surface area contributed by atoms with Gasteiger partial charge in [-0.25, -0.2) is 4.98 Å². The molecule has 1 unspecified atom stereocenters. The van der Waals surface area contributed by atoms with E-state index < -0.39 is 0 Å². The molecule has 0 spiro atoms. The second kappa shape index (κ2) is 5.59. The first-order valence-electron chi connectivity index (χ1n) is 9.53. The average Bonchev–Trinajstić information content (AvgIpc) is 3.10. The van der Waals surface area contributed by atoms with Gasteiger partial charge < -0.3 is 15.0 Å². The first-order valence-corrected chi connectivity index (χ1v) is 9.53. The second-order valence-corrected chi connectivity index (χ2v) is 8.24. The maximum Gasteiger partial charge on any atom is 0.251 e. The van der Waals surface area contributed by atoms with E-state index in [9.17, 15) is 4.79 Å². The number of carbonyl (C=O) groups excluding carboxylic acids is 1. The number of H-pyrrole nitrogens is 1. The van der Waals surface area contributed by atoms with Crippen LogP contribution in [0.1, 0.15) is 48.2 Å². The minimum Gasteiger partial charge on any atom is -0.481 e. The zero-order chi connectivity index (χ0) is 18.6. The Morgan fingerprint density at radius 3 is 3.07 bits per heavy atom. The van der Waals surface area contributed by atoms with Gasteiger partial charge in [-0.2, -0.15) is 0 Å². The van der Waals surface area contributed by atoms with Gasteiger partial charge in [-0.3, -0.25) is 4.79 Å². The van der Waals surface area contributed by atoms with E-state index in [1.165, 1.54) is 11.1 Å². The van der Waals surface area contributed by atoms with E-state index in [2.05, 4.69) is 47.3 Å². The van der Waals surface area contributed by atoms with Crippen molar-refractivity contribution in [3.8, 4) is 5.75 Å². The summed E-state index contributed by atoms with van der Waals surface area (Å²) in [7, 11) is 0. The fourth-order valence-electron chi connectivity index (χ4n) is 4.69. The minimum absolute atomic E-state index is 0.0495. The van der Waals surface area contributed by atoms with Crippen LogP contribution in [0.15, 0.2) is 42.7 Å². The van der Waals surface area contributed by atoms with E-state index in [4.69, 9.17) is 4.74 Å². The number of ether oxygens (including phenoxy) is 1. The largest absolute Gasteiger partial charge is 0.481 e. The maximum atomic E-state index is 12.6. The molecule has 2 aliphatic rings. The van der Waals surface area contributed by atoms with Crippen molar-refractivity contribution in [2.45, 2.75) is 38.7 Å². The Hall–Kier alpha value is -2.82. The summed E-state index contributed by atoms with van der Waals surface area (Å²) in [4.78, 5) is 19.8. The molecule has 0 radical (unpaired) electrons. The Kier molecular flexibility index (Phi) is 3.39. The van der Waals surface area contributed by atoms with Gasteiger partial charge in [0.25, 0.3) is 5.91 Å². The third kappa shape index (κ3) is 2.30. The summed E-state index contributed by atoms with van der Waals surface area (Å²) in [5, 5.41) is 3.07. The van der Waals surface area contributed by atoms with Crippen LogP contribution >= 0.6 is 0 Å². The van der Waals surface area contributed by atoms with E-state index in [1.54, 1.807) is 6.33 Å².